The van der Waals surface area contributed by atoms with Crippen LogP contribution in [0.15, 0.2) is 69.8 Å². The molecule has 0 unspecified atom stereocenters. The lowest BCUT2D eigenvalue weighted by molar-refractivity contribution is 0.102. The van der Waals surface area contributed by atoms with Gasteiger partial charge >= 0.3 is 0 Å². The molecule has 0 bridgehead atoms. The molecule has 4 rings (SSSR count). The highest BCUT2D eigenvalue weighted by Crippen LogP contribution is 2.30. The molecular weight excluding hydrogens is 392 g/mol. The molecule has 2 aromatic carbocycles. The average molecular weight is 409 g/mol. The Morgan fingerprint density at radius 3 is 2.75 bits per heavy atom. The number of thioether (sulfide) groups is 1. The Balaban J connectivity index is 1.56. The summed E-state index contributed by atoms with van der Waals surface area (Å²) in [5, 5.41) is 7.07. The van der Waals surface area contributed by atoms with Crippen molar-refractivity contribution < 1.29 is 4.79 Å². The lowest BCUT2D eigenvalue weighted by Crippen LogP contribution is -2.26. The van der Waals surface area contributed by atoms with Crippen LogP contribution in [0.5, 0.6) is 0 Å². The first kappa shape index (κ1) is 18.4. The van der Waals surface area contributed by atoms with Crippen LogP contribution in [0.2, 0.25) is 0 Å². The molecule has 28 heavy (non-hydrogen) atoms. The topological polar surface area (TPSA) is 76.9 Å². The third-order valence-electron chi connectivity index (χ3n) is 4.08. The van der Waals surface area contributed by atoms with Gasteiger partial charge in [0.1, 0.15) is 5.69 Å². The first-order valence-corrected chi connectivity index (χ1v) is 10.5. The molecule has 0 aliphatic heterocycles. The molecule has 140 valence electrons. The molecule has 1 amide bonds. The Hall–Kier alpha value is -2.97. The highest BCUT2D eigenvalue weighted by molar-refractivity contribution is 8.00. The van der Waals surface area contributed by atoms with Crippen molar-refractivity contribution in [3.8, 4) is 0 Å². The third kappa shape index (κ3) is 3.97. The van der Waals surface area contributed by atoms with E-state index in [0.717, 1.165) is 20.1 Å². The van der Waals surface area contributed by atoms with E-state index in [4.69, 9.17) is 0 Å². The van der Waals surface area contributed by atoms with Gasteiger partial charge in [-0.3, -0.25) is 9.59 Å². The van der Waals surface area contributed by atoms with Gasteiger partial charge in [-0.1, -0.05) is 42.1 Å². The summed E-state index contributed by atoms with van der Waals surface area (Å²) in [4.78, 5) is 29.2. The highest BCUT2D eigenvalue weighted by atomic mass is 32.2. The van der Waals surface area contributed by atoms with Crippen molar-refractivity contribution in [2.24, 2.45) is 0 Å². The van der Waals surface area contributed by atoms with E-state index in [9.17, 15) is 9.59 Å². The van der Waals surface area contributed by atoms with Crippen molar-refractivity contribution in [1.82, 2.24) is 14.8 Å². The second kappa shape index (κ2) is 7.95. The Labute approximate surface area is 169 Å². The number of aromatic nitrogens is 3. The van der Waals surface area contributed by atoms with E-state index < -0.39 is 0 Å². The zero-order valence-electron chi connectivity index (χ0n) is 15.0. The molecule has 0 fully saturated rings. The number of hydrogen-bond donors (Lipinski definition) is 1. The van der Waals surface area contributed by atoms with E-state index in [2.05, 4.69) is 15.4 Å². The molecule has 0 spiro atoms. The smallest absolute Gasteiger partial charge is 0.276 e. The van der Waals surface area contributed by atoms with Crippen molar-refractivity contribution in [3.05, 3.63) is 82.3 Å². The van der Waals surface area contributed by atoms with Gasteiger partial charge in [0.2, 0.25) is 0 Å². The molecule has 0 radical (unpaired) electrons. The number of thiazole rings is 1. The van der Waals surface area contributed by atoms with E-state index >= 15 is 0 Å². The van der Waals surface area contributed by atoms with Crippen molar-refractivity contribution in [3.63, 3.8) is 0 Å². The van der Waals surface area contributed by atoms with E-state index in [1.807, 2.05) is 54.8 Å². The molecule has 0 saturated carbocycles. The van der Waals surface area contributed by atoms with Crippen LogP contribution in [0.4, 0.5) is 5.69 Å². The number of rotatable bonds is 5. The largest absolute Gasteiger partial charge is 0.321 e. The monoisotopic (exact) mass is 408 g/mol. The van der Waals surface area contributed by atoms with Crippen molar-refractivity contribution in [2.75, 3.05) is 11.6 Å². The molecule has 2 aromatic heterocycles. The molecule has 0 atom stereocenters. The Bertz CT molecular complexity index is 1200. The summed E-state index contributed by atoms with van der Waals surface area (Å²) in [6.45, 7) is 0.311. The summed E-state index contributed by atoms with van der Waals surface area (Å²) in [7, 11) is 0. The molecule has 4 aromatic rings. The average Bonchev–Trinajstić information content (AvgIpc) is 3.13. The van der Waals surface area contributed by atoms with E-state index in [1.165, 1.54) is 16.8 Å². The van der Waals surface area contributed by atoms with Gasteiger partial charge in [0.25, 0.3) is 11.5 Å². The van der Waals surface area contributed by atoms with Crippen LogP contribution in [0, 0.1) is 0 Å². The number of amides is 1. The van der Waals surface area contributed by atoms with Gasteiger partial charge in [0, 0.05) is 11.8 Å². The molecule has 0 saturated heterocycles. The van der Waals surface area contributed by atoms with E-state index in [1.54, 1.807) is 23.1 Å². The Morgan fingerprint density at radius 2 is 1.96 bits per heavy atom. The van der Waals surface area contributed by atoms with Crippen molar-refractivity contribution in [1.29, 1.82) is 0 Å². The van der Waals surface area contributed by atoms with Crippen LogP contribution in [0.3, 0.4) is 0 Å². The third-order valence-corrected chi connectivity index (χ3v) is 6.08. The number of benzene rings is 2. The second-order valence-electron chi connectivity index (χ2n) is 6.02. The minimum absolute atomic E-state index is 0.185. The normalized spacial score (nSPS) is 10.9. The van der Waals surface area contributed by atoms with Gasteiger partial charge in [0.05, 0.1) is 16.8 Å². The van der Waals surface area contributed by atoms with Gasteiger partial charge in [-0.15, -0.1) is 11.3 Å². The number of nitrogens with one attached hydrogen (secondary N) is 1. The van der Waals surface area contributed by atoms with Crippen molar-refractivity contribution >= 4 is 44.9 Å². The number of carbonyl (C=O) groups is 1. The molecule has 1 N–H and O–H groups in total. The highest BCUT2D eigenvalue weighted by Gasteiger charge is 2.12. The number of carbonyl (C=O) groups excluding carboxylic acids is 1. The summed E-state index contributed by atoms with van der Waals surface area (Å²) in [6, 6.07) is 17.9. The number of fused-ring (bicyclic) bond motifs is 1. The number of hydrogen-bond acceptors (Lipinski definition) is 6. The zero-order chi connectivity index (χ0) is 19.5. The van der Waals surface area contributed by atoms with Crippen LogP contribution in [-0.2, 0) is 6.54 Å². The van der Waals surface area contributed by atoms with Gasteiger partial charge in [-0.2, -0.15) is 5.10 Å². The van der Waals surface area contributed by atoms with Gasteiger partial charge in [-0.25, -0.2) is 9.67 Å². The Morgan fingerprint density at radius 1 is 1.14 bits per heavy atom. The Kier molecular flexibility index (Phi) is 5.23. The molecular formula is C20H16N4O2S2. The first-order chi connectivity index (χ1) is 13.6. The maximum Gasteiger partial charge on any atom is 0.276 e. The predicted octanol–water partition coefficient (Wildman–Crippen LogP) is 3.88. The molecule has 6 nitrogen and oxygen atoms in total. The SMILES string of the molecule is CSc1nc2ccc(NC(=O)c3ccc(=O)n(Cc4ccccc4)n3)cc2s1. The molecule has 8 heteroatoms. The summed E-state index contributed by atoms with van der Waals surface area (Å²) in [5.74, 6) is -0.365. The summed E-state index contributed by atoms with van der Waals surface area (Å²) in [6.07, 6.45) is 1.98. The maximum atomic E-state index is 12.6. The van der Waals surface area contributed by atoms with Gasteiger partial charge < -0.3 is 5.32 Å². The summed E-state index contributed by atoms with van der Waals surface area (Å²) in [5.41, 5.74) is 2.44. The predicted molar refractivity (Wildman–Crippen MR) is 113 cm³/mol. The summed E-state index contributed by atoms with van der Waals surface area (Å²) >= 11 is 3.17. The van der Waals surface area contributed by atoms with Gasteiger partial charge in [-0.05, 0) is 36.1 Å². The molecule has 0 aliphatic carbocycles. The number of anilines is 1. The fraction of sp³-hybridized carbons (Fsp3) is 0.100. The van der Waals surface area contributed by atoms with Crippen LogP contribution in [0.25, 0.3) is 10.2 Å². The van der Waals surface area contributed by atoms with Crippen LogP contribution >= 0.6 is 23.1 Å². The minimum Gasteiger partial charge on any atom is -0.321 e. The molecule has 0 aliphatic rings. The summed E-state index contributed by atoms with van der Waals surface area (Å²) < 4.78 is 3.28. The fourth-order valence-electron chi connectivity index (χ4n) is 2.70. The standard InChI is InChI=1S/C20H16N4O2S2/c1-27-20-22-15-8-7-14(11-17(15)28-20)21-19(26)16-9-10-18(25)24(23-16)12-13-5-3-2-4-6-13/h2-11H,12H2,1H3,(H,21,26). The lowest BCUT2D eigenvalue weighted by Gasteiger charge is -2.08. The first-order valence-electron chi connectivity index (χ1n) is 8.50. The van der Waals surface area contributed by atoms with Crippen molar-refractivity contribution in [2.45, 2.75) is 10.9 Å². The molecule has 2 heterocycles. The second-order valence-corrected chi connectivity index (χ2v) is 8.10. The van der Waals surface area contributed by atoms with Crippen LogP contribution < -0.4 is 10.9 Å². The minimum atomic E-state index is -0.365. The van der Waals surface area contributed by atoms with E-state index in [-0.39, 0.29) is 17.2 Å². The lowest BCUT2D eigenvalue weighted by atomic mass is 10.2. The number of nitrogens with zero attached hydrogens (tertiary/aromatic N) is 3. The maximum absolute atomic E-state index is 12.6. The zero-order valence-corrected chi connectivity index (χ0v) is 16.6. The van der Waals surface area contributed by atoms with E-state index in [0.29, 0.717) is 12.2 Å². The van der Waals surface area contributed by atoms with Crippen LogP contribution in [0.1, 0.15) is 16.1 Å². The quantitative estimate of drug-likeness (QED) is 0.507. The van der Waals surface area contributed by atoms with Gasteiger partial charge in [0.15, 0.2) is 4.34 Å². The van der Waals surface area contributed by atoms with Crippen LogP contribution in [-0.4, -0.2) is 26.9 Å². The fourth-order valence-corrected chi connectivity index (χ4v) is 4.23.